The molecule has 0 radical (unpaired) electrons. The van der Waals surface area contributed by atoms with Crippen molar-refractivity contribution in [3.05, 3.63) is 0 Å². The molecule has 220 valence electrons. The minimum atomic E-state index is -1.00. The number of nitrogens with zero attached hydrogens (tertiary/aromatic N) is 1. The molecule has 0 aromatic heterocycles. The van der Waals surface area contributed by atoms with Gasteiger partial charge in [-0.15, -0.1) is 0 Å². The number of rotatable bonds is 15. The zero-order valence-electron chi connectivity index (χ0n) is 21.2. The molecule has 0 saturated heterocycles. The molecule has 0 heterocycles. The first-order valence-corrected chi connectivity index (χ1v) is 12.0. The predicted molar refractivity (Wildman–Crippen MR) is 144 cm³/mol. The molecule has 17 heteroatoms. The van der Waals surface area contributed by atoms with Crippen LogP contribution in [-0.2, 0) is 19.2 Å². The summed E-state index contributed by atoms with van der Waals surface area (Å²) in [6, 6.07) is -3.04. The Bertz CT molecular complexity index is 630. The van der Waals surface area contributed by atoms with Gasteiger partial charge in [-0.2, -0.15) is 12.6 Å². The van der Waals surface area contributed by atoms with E-state index in [9.17, 15) is 19.2 Å². The molecule has 37 heavy (non-hydrogen) atoms. The molecule has 0 amide bonds. The van der Waals surface area contributed by atoms with Gasteiger partial charge in [-0.25, -0.2) is 0 Å². The fourth-order valence-electron chi connectivity index (χ4n) is 1.73. The van der Waals surface area contributed by atoms with E-state index in [1.165, 1.54) is 0 Å². The average molecular weight is 559 g/mol. The summed E-state index contributed by atoms with van der Waals surface area (Å²) in [6.07, 6.45) is 4.58. The third-order valence-corrected chi connectivity index (χ3v) is 4.41. The van der Waals surface area contributed by atoms with Gasteiger partial charge in [-0.05, 0) is 38.6 Å². The quantitative estimate of drug-likeness (QED) is 0.0427. The number of aliphatic carboxylic acids is 4. The molecule has 0 aromatic carbocycles. The smallest absolute Gasteiger partial charge is 0.321 e. The first-order valence-electron chi connectivity index (χ1n) is 11.4. The molecule has 0 aliphatic heterocycles. The Kier molecular flexibility index (Phi) is 31.2. The van der Waals surface area contributed by atoms with Crippen molar-refractivity contribution in [1.82, 2.24) is 0 Å². The summed E-state index contributed by atoms with van der Waals surface area (Å²) in [4.78, 5) is 43.8. The standard InChI is InChI=1S/C6H14N4O2.C6H13NO2.C5H12N2O2.C3H7NO2S/c7-4(5(11)12)2-1-3-10-6(8)9;1-2-3-4-5(7)6(8)9;6-3-1-2-4(7)5(8)9;4-2(1-7)3(5)6/h4H,1-3,7H2,(H,11,12)(H4,8,9,10);5H,2-4,7H2,1H3,(H,8,9);4H,1-3,6-7H2,(H,8,9);2,7H,1,4H2,(H,5,6)/t4-;5-;4-;2-/m0000/s1. The molecule has 0 spiro atoms. The van der Waals surface area contributed by atoms with Crippen molar-refractivity contribution in [3.63, 3.8) is 0 Å². The van der Waals surface area contributed by atoms with Gasteiger partial charge < -0.3 is 60.6 Å². The van der Waals surface area contributed by atoms with E-state index in [0.29, 0.717) is 45.2 Å². The molecule has 0 unspecified atom stereocenters. The third kappa shape index (κ3) is 35.5. The molecular weight excluding hydrogens is 512 g/mol. The lowest BCUT2D eigenvalue weighted by Gasteiger charge is -2.03. The van der Waals surface area contributed by atoms with Crippen molar-refractivity contribution >= 4 is 42.5 Å². The van der Waals surface area contributed by atoms with E-state index in [1.807, 2.05) is 6.92 Å². The number of unbranched alkanes of at least 4 members (excludes halogenated alkanes) is 1. The first kappa shape index (κ1) is 41.4. The Balaban J connectivity index is -0.000000200. The fraction of sp³-hybridized carbons (Fsp3) is 0.750. The van der Waals surface area contributed by atoms with Crippen molar-refractivity contribution in [2.75, 3.05) is 18.8 Å². The molecule has 0 saturated carbocycles. The molecule has 18 N–H and O–H groups in total. The van der Waals surface area contributed by atoms with Crippen molar-refractivity contribution in [1.29, 1.82) is 0 Å². The van der Waals surface area contributed by atoms with Gasteiger partial charge in [0.1, 0.15) is 24.2 Å². The van der Waals surface area contributed by atoms with Crippen molar-refractivity contribution in [3.8, 4) is 0 Å². The SMILES string of the molecule is CCCC[C@H](N)C(=O)O.NC(N)=NCCC[C@H](N)C(=O)O.NCCC[C@H](N)C(=O)O.N[C@@H](CS)C(=O)O. The van der Waals surface area contributed by atoms with Crippen LogP contribution in [0.25, 0.3) is 0 Å². The summed E-state index contributed by atoms with van der Waals surface area (Å²) < 4.78 is 0. The summed E-state index contributed by atoms with van der Waals surface area (Å²) in [5.41, 5.74) is 35.7. The van der Waals surface area contributed by atoms with Gasteiger partial charge in [0.2, 0.25) is 0 Å². The van der Waals surface area contributed by atoms with Gasteiger partial charge in [-0.3, -0.25) is 24.2 Å². The highest BCUT2D eigenvalue weighted by atomic mass is 32.1. The van der Waals surface area contributed by atoms with Crippen LogP contribution in [0.5, 0.6) is 0 Å². The second-order valence-electron chi connectivity index (χ2n) is 7.48. The highest BCUT2D eigenvalue weighted by Crippen LogP contribution is 1.97. The second kappa shape index (κ2) is 27.9. The number of carboxylic acids is 4. The maximum atomic E-state index is 10.2. The van der Waals surface area contributed by atoms with Crippen LogP contribution >= 0.6 is 12.6 Å². The topological polar surface area (TPSA) is 344 Å². The van der Waals surface area contributed by atoms with Crippen LogP contribution in [0.4, 0.5) is 0 Å². The number of aliphatic imine (C=N–C) groups is 1. The molecule has 0 bridgehead atoms. The van der Waals surface area contributed by atoms with Gasteiger partial charge in [-0.1, -0.05) is 19.8 Å². The van der Waals surface area contributed by atoms with E-state index in [-0.39, 0.29) is 11.7 Å². The number of thiol groups is 1. The van der Waals surface area contributed by atoms with Crippen molar-refractivity contribution in [2.24, 2.45) is 45.1 Å². The van der Waals surface area contributed by atoms with E-state index < -0.39 is 48.0 Å². The van der Waals surface area contributed by atoms with Crippen LogP contribution in [0.2, 0.25) is 0 Å². The number of guanidine groups is 1. The lowest BCUT2D eigenvalue weighted by atomic mass is 10.1. The Hall–Kier alpha value is -2.70. The fourth-order valence-corrected chi connectivity index (χ4v) is 1.89. The number of nitrogens with two attached hydrogens (primary N) is 7. The first-order chi connectivity index (χ1) is 17.1. The molecule has 0 aliphatic rings. The van der Waals surface area contributed by atoms with E-state index in [0.717, 1.165) is 12.8 Å². The summed E-state index contributed by atoms with van der Waals surface area (Å²) in [7, 11) is 0. The minimum Gasteiger partial charge on any atom is -0.480 e. The Morgan fingerprint density at radius 3 is 1.30 bits per heavy atom. The van der Waals surface area contributed by atoms with Crippen LogP contribution in [0.1, 0.15) is 51.9 Å². The van der Waals surface area contributed by atoms with Crippen LogP contribution in [0.3, 0.4) is 0 Å². The zero-order chi connectivity index (χ0) is 30.0. The second-order valence-corrected chi connectivity index (χ2v) is 7.85. The van der Waals surface area contributed by atoms with Gasteiger partial charge in [0.15, 0.2) is 5.96 Å². The lowest BCUT2D eigenvalue weighted by molar-refractivity contribution is -0.139. The number of hydrogen-bond acceptors (Lipinski definition) is 11. The zero-order valence-corrected chi connectivity index (χ0v) is 22.1. The predicted octanol–water partition coefficient (Wildman–Crippen LogP) is -2.49. The van der Waals surface area contributed by atoms with Crippen molar-refractivity contribution < 1.29 is 39.6 Å². The lowest BCUT2D eigenvalue weighted by Crippen LogP contribution is -2.31. The van der Waals surface area contributed by atoms with Crippen LogP contribution < -0.4 is 40.1 Å². The Morgan fingerprint density at radius 1 is 0.703 bits per heavy atom. The summed E-state index contributed by atoms with van der Waals surface area (Å²) in [6.45, 7) is 2.93. The summed E-state index contributed by atoms with van der Waals surface area (Å²) in [5.74, 6) is -3.66. The van der Waals surface area contributed by atoms with Crippen LogP contribution in [0.15, 0.2) is 4.99 Å². The number of carbonyl (C=O) groups is 4. The highest BCUT2D eigenvalue weighted by molar-refractivity contribution is 7.80. The van der Waals surface area contributed by atoms with E-state index in [2.05, 4.69) is 17.6 Å². The molecular formula is C20H46N8O8S. The van der Waals surface area contributed by atoms with Crippen LogP contribution in [-0.4, -0.2) is 93.3 Å². The van der Waals surface area contributed by atoms with Crippen molar-refractivity contribution in [2.45, 2.75) is 76.0 Å². The Morgan fingerprint density at radius 2 is 1.05 bits per heavy atom. The molecule has 0 aliphatic carbocycles. The molecule has 0 aromatic rings. The van der Waals surface area contributed by atoms with Gasteiger partial charge in [0, 0.05) is 12.3 Å². The van der Waals surface area contributed by atoms with E-state index >= 15 is 0 Å². The van der Waals surface area contributed by atoms with Gasteiger partial charge >= 0.3 is 23.9 Å². The molecule has 16 nitrogen and oxygen atoms in total. The largest absolute Gasteiger partial charge is 0.480 e. The Labute approximate surface area is 222 Å². The normalized spacial score (nSPS) is 12.8. The maximum absolute atomic E-state index is 10.2. The monoisotopic (exact) mass is 558 g/mol. The van der Waals surface area contributed by atoms with Gasteiger partial charge in [0.25, 0.3) is 0 Å². The summed E-state index contributed by atoms with van der Waals surface area (Å²) in [5, 5.41) is 32.9. The molecule has 4 atom stereocenters. The number of hydrogen-bond donors (Lipinski definition) is 12. The van der Waals surface area contributed by atoms with Gasteiger partial charge in [0.05, 0.1) is 0 Å². The molecule has 0 fully saturated rings. The number of carboxylic acid groups (broad SMARTS) is 4. The highest BCUT2D eigenvalue weighted by Gasteiger charge is 2.10. The van der Waals surface area contributed by atoms with E-state index in [1.54, 1.807) is 0 Å². The summed E-state index contributed by atoms with van der Waals surface area (Å²) >= 11 is 3.65. The average Bonchev–Trinajstić information content (AvgIpc) is 2.83. The van der Waals surface area contributed by atoms with E-state index in [4.69, 9.17) is 60.6 Å². The molecule has 0 rings (SSSR count). The minimum absolute atomic E-state index is 0.0129. The van der Waals surface area contributed by atoms with Crippen LogP contribution in [0, 0.1) is 0 Å². The maximum Gasteiger partial charge on any atom is 0.321 e. The third-order valence-electron chi connectivity index (χ3n) is 4.02.